The SMILES string of the molecule is CO/N=C(\c1ccccc1)c1ccc2c(c1)sc(=O)n2CCOc1ccc(CC(NC(=O)OC(C)(C)C)C(=O)OC)cc1. The molecule has 1 atom stereocenters. The molecule has 0 aliphatic heterocycles. The minimum absolute atomic E-state index is 0.0811. The molecule has 4 aromatic rings. The Hall–Kier alpha value is -4.64. The van der Waals surface area contributed by atoms with E-state index in [2.05, 4.69) is 10.5 Å². The molecule has 0 fully saturated rings. The van der Waals surface area contributed by atoms with Crippen molar-refractivity contribution in [2.45, 2.75) is 45.4 Å². The lowest BCUT2D eigenvalue weighted by Gasteiger charge is -2.22. The normalized spacial score (nSPS) is 12.4. The molecule has 0 saturated heterocycles. The van der Waals surface area contributed by atoms with E-state index in [0.717, 1.165) is 26.9 Å². The van der Waals surface area contributed by atoms with Crippen LogP contribution in [0.1, 0.15) is 37.5 Å². The molecule has 10 nitrogen and oxygen atoms in total. The highest BCUT2D eigenvalue weighted by Crippen LogP contribution is 2.22. The van der Waals surface area contributed by atoms with Crippen molar-refractivity contribution in [2.75, 3.05) is 20.8 Å². The zero-order valence-corrected chi connectivity index (χ0v) is 25.6. The minimum Gasteiger partial charge on any atom is -0.492 e. The van der Waals surface area contributed by atoms with Crippen LogP contribution in [0.25, 0.3) is 10.2 Å². The van der Waals surface area contributed by atoms with Gasteiger partial charge in [0.2, 0.25) is 0 Å². The van der Waals surface area contributed by atoms with Crippen LogP contribution in [-0.4, -0.2) is 54.8 Å². The molecule has 1 amide bonds. The van der Waals surface area contributed by atoms with E-state index in [-0.39, 0.29) is 17.9 Å². The van der Waals surface area contributed by atoms with Gasteiger partial charge in [-0.1, -0.05) is 65.0 Å². The fraction of sp³-hybridized carbons (Fsp3) is 0.312. The van der Waals surface area contributed by atoms with Crippen molar-refractivity contribution in [1.29, 1.82) is 0 Å². The predicted octanol–water partition coefficient (Wildman–Crippen LogP) is 5.15. The second kappa shape index (κ2) is 14.0. The van der Waals surface area contributed by atoms with E-state index in [1.807, 2.05) is 60.7 Å². The number of carbonyl (C=O) groups excluding carboxylic acids is 2. The maximum Gasteiger partial charge on any atom is 0.408 e. The van der Waals surface area contributed by atoms with Crippen LogP contribution in [0.2, 0.25) is 0 Å². The molecule has 3 aromatic carbocycles. The van der Waals surface area contributed by atoms with Crippen molar-refractivity contribution in [1.82, 2.24) is 9.88 Å². The van der Waals surface area contributed by atoms with Crippen LogP contribution in [0.4, 0.5) is 4.79 Å². The summed E-state index contributed by atoms with van der Waals surface area (Å²) in [5.41, 5.74) is 3.35. The van der Waals surface area contributed by atoms with Gasteiger partial charge in [-0.25, -0.2) is 9.59 Å². The first-order valence-corrected chi connectivity index (χ1v) is 14.5. The number of ether oxygens (including phenoxy) is 3. The number of fused-ring (bicyclic) bond motifs is 1. The van der Waals surface area contributed by atoms with Crippen LogP contribution in [0.5, 0.6) is 5.75 Å². The Balaban J connectivity index is 1.39. The Morgan fingerprint density at radius 3 is 2.35 bits per heavy atom. The fourth-order valence-corrected chi connectivity index (χ4v) is 5.34. The van der Waals surface area contributed by atoms with E-state index in [0.29, 0.717) is 18.0 Å². The van der Waals surface area contributed by atoms with Gasteiger partial charge in [0.15, 0.2) is 0 Å². The van der Waals surface area contributed by atoms with Gasteiger partial charge in [-0.2, -0.15) is 0 Å². The Labute approximate surface area is 253 Å². The van der Waals surface area contributed by atoms with E-state index < -0.39 is 23.7 Å². The Kier molecular flexibility index (Phi) is 10.2. The van der Waals surface area contributed by atoms with Crippen molar-refractivity contribution in [3.8, 4) is 5.75 Å². The van der Waals surface area contributed by atoms with E-state index >= 15 is 0 Å². The maximum absolute atomic E-state index is 12.8. The number of nitrogens with zero attached hydrogens (tertiary/aromatic N) is 2. The molecule has 0 bridgehead atoms. The molecule has 0 aliphatic rings. The highest BCUT2D eigenvalue weighted by atomic mass is 32.1. The molecule has 1 N–H and O–H groups in total. The van der Waals surface area contributed by atoms with Crippen LogP contribution in [0.3, 0.4) is 0 Å². The van der Waals surface area contributed by atoms with Gasteiger partial charge in [-0.15, -0.1) is 0 Å². The topological polar surface area (TPSA) is 117 Å². The number of hydrogen-bond acceptors (Lipinski definition) is 9. The third-order valence-corrected chi connectivity index (χ3v) is 7.24. The smallest absolute Gasteiger partial charge is 0.408 e. The predicted molar refractivity (Wildman–Crippen MR) is 166 cm³/mol. The number of esters is 1. The molecular weight excluding hydrogens is 570 g/mol. The molecule has 0 aliphatic carbocycles. The summed E-state index contributed by atoms with van der Waals surface area (Å²) in [7, 11) is 2.77. The first kappa shape index (κ1) is 31.3. The zero-order chi connectivity index (χ0) is 31.0. The summed E-state index contributed by atoms with van der Waals surface area (Å²) >= 11 is 1.17. The Morgan fingerprint density at radius 1 is 0.977 bits per heavy atom. The van der Waals surface area contributed by atoms with Gasteiger partial charge < -0.3 is 24.4 Å². The number of amides is 1. The number of benzene rings is 3. The Morgan fingerprint density at radius 2 is 1.70 bits per heavy atom. The van der Waals surface area contributed by atoms with Crippen LogP contribution < -0.4 is 14.9 Å². The van der Waals surface area contributed by atoms with Gasteiger partial charge in [-0.3, -0.25) is 9.36 Å². The quantitative estimate of drug-likeness (QED) is 0.143. The third kappa shape index (κ3) is 8.45. The number of thiazole rings is 1. The number of nitrogens with one attached hydrogen (secondary N) is 1. The number of hydrogen-bond donors (Lipinski definition) is 1. The highest BCUT2D eigenvalue weighted by molar-refractivity contribution is 7.16. The monoisotopic (exact) mass is 605 g/mol. The summed E-state index contributed by atoms with van der Waals surface area (Å²) in [6, 6.07) is 21.8. The first-order valence-electron chi connectivity index (χ1n) is 13.7. The molecule has 1 heterocycles. The van der Waals surface area contributed by atoms with Crippen molar-refractivity contribution >= 4 is 39.3 Å². The molecular formula is C32H35N3O7S. The Bertz CT molecular complexity index is 1640. The lowest BCUT2D eigenvalue weighted by atomic mass is 10.0. The molecule has 11 heteroatoms. The van der Waals surface area contributed by atoms with Crippen molar-refractivity contribution < 1.29 is 28.6 Å². The van der Waals surface area contributed by atoms with Gasteiger partial charge in [-0.05, 0) is 50.6 Å². The summed E-state index contributed by atoms with van der Waals surface area (Å²) in [4.78, 5) is 42.3. The summed E-state index contributed by atoms with van der Waals surface area (Å²) < 4.78 is 18.5. The van der Waals surface area contributed by atoms with Crippen LogP contribution in [0, 0.1) is 0 Å². The van der Waals surface area contributed by atoms with E-state index in [9.17, 15) is 14.4 Å². The first-order chi connectivity index (χ1) is 20.6. The maximum atomic E-state index is 12.8. The van der Waals surface area contributed by atoms with Gasteiger partial charge >= 0.3 is 16.9 Å². The summed E-state index contributed by atoms with van der Waals surface area (Å²) in [6.45, 7) is 5.87. The molecule has 0 radical (unpaired) electrons. The third-order valence-electron chi connectivity index (χ3n) is 6.29. The van der Waals surface area contributed by atoms with Crippen molar-refractivity contribution in [3.63, 3.8) is 0 Å². The number of alkyl carbamates (subject to hydrolysis) is 1. The van der Waals surface area contributed by atoms with E-state index in [4.69, 9.17) is 19.0 Å². The molecule has 4 rings (SSSR count). The molecule has 0 saturated carbocycles. The van der Waals surface area contributed by atoms with Crippen LogP contribution >= 0.6 is 11.3 Å². The molecule has 1 unspecified atom stereocenters. The number of carbonyl (C=O) groups is 2. The average molecular weight is 606 g/mol. The lowest BCUT2D eigenvalue weighted by molar-refractivity contribution is -0.143. The second-order valence-electron chi connectivity index (χ2n) is 10.6. The van der Waals surface area contributed by atoms with E-state index in [1.165, 1.54) is 25.6 Å². The van der Waals surface area contributed by atoms with Crippen molar-refractivity contribution in [2.24, 2.45) is 5.16 Å². The molecule has 0 spiro atoms. The van der Waals surface area contributed by atoms with Crippen LogP contribution in [-0.2, 0) is 32.1 Å². The fourth-order valence-electron chi connectivity index (χ4n) is 4.38. The van der Waals surface area contributed by atoms with Gasteiger partial charge in [0, 0.05) is 17.5 Å². The summed E-state index contributed by atoms with van der Waals surface area (Å²) in [5.74, 6) is 0.0330. The zero-order valence-electron chi connectivity index (χ0n) is 24.8. The molecule has 1 aromatic heterocycles. The minimum atomic E-state index is -0.907. The summed E-state index contributed by atoms with van der Waals surface area (Å²) in [5, 5.41) is 6.78. The summed E-state index contributed by atoms with van der Waals surface area (Å²) in [6.07, 6.45) is -0.485. The standard InChI is InChI=1S/C32H35N3O7S/c1-32(2,3)42-30(37)33-25(29(36)39-4)19-21-11-14-24(15-12-21)41-18-17-35-26-16-13-23(20-27(26)43-31(35)38)28(34-40-5)22-9-7-6-8-10-22/h6-16,20,25H,17-19H2,1-5H3,(H,33,37)/b34-28+. The van der Waals surface area contributed by atoms with E-state index in [1.54, 1.807) is 37.5 Å². The van der Waals surface area contributed by atoms with Crippen molar-refractivity contribution in [3.05, 3.63) is 99.2 Å². The molecule has 43 heavy (non-hydrogen) atoms. The number of rotatable bonds is 11. The number of oxime groups is 1. The lowest BCUT2D eigenvalue weighted by Crippen LogP contribution is -2.45. The van der Waals surface area contributed by atoms with Gasteiger partial charge in [0.05, 0.1) is 23.9 Å². The largest absolute Gasteiger partial charge is 0.492 e. The number of methoxy groups -OCH3 is 1. The van der Waals surface area contributed by atoms with Gasteiger partial charge in [0.1, 0.15) is 36.8 Å². The van der Waals surface area contributed by atoms with Crippen LogP contribution in [0.15, 0.2) is 82.7 Å². The van der Waals surface area contributed by atoms with Gasteiger partial charge in [0.25, 0.3) is 0 Å². The average Bonchev–Trinajstić information content (AvgIpc) is 3.29. The number of aromatic nitrogens is 1. The highest BCUT2D eigenvalue weighted by Gasteiger charge is 2.25. The molecule has 226 valence electrons. The second-order valence-corrected chi connectivity index (χ2v) is 11.6.